The zero-order chi connectivity index (χ0) is 19.9. The molecule has 0 N–H and O–H groups in total. The van der Waals surface area contributed by atoms with Crippen LogP contribution in [0.25, 0.3) is 0 Å². The number of likely N-dealkylation sites (tertiary alicyclic amines) is 1. The van der Waals surface area contributed by atoms with Gasteiger partial charge in [0.05, 0.1) is 12.5 Å². The van der Waals surface area contributed by atoms with Crippen LogP contribution in [0.4, 0.5) is 5.69 Å². The Morgan fingerprint density at radius 1 is 1.18 bits per heavy atom. The van der Waals surface area contributed by atoms with Crippen LogP contribution in [-0.4, -0.2) is 50.6 Å². The number of hydrogen-bond donors (Lipinski definition) is 0. The maximum Gasteiger partial charge on any atom is 0.260 e. The number of fused-ring (bicyclic) bond motifs is 2. The van der Waals surface area contributed by atoms with Crippen LogP contribution in [0.15, 0.2) is 42.5 Å². The highest BCUT2D eigenvalue weighted by molar-refractivity contribution is 6.08. The molecule has 0 bridgehead atoms. The van der Waals surface area contributed by atoms with Crippen molar-refractivity contribution in [2.75, 3.05) is 38.8 Å². The third kappa shape index (κ3) is 2.89. The molecule has 6 heteroatoms. The number of rotatable bonds is 4. The highest BCUT2D eigenvalue weighted by atomic mass is 16.5. The Balaban J connectivity index is 1.52. The van der Waals surface area contributed by atoms with E-state index < -0.39 is 5.41 Å². The van der Waals surface area contributed by atoms with Crippen LogP contribution in [0.5, 0.6) is 11.5 Å². The molecule has 1 fully saturated rings. The van der Waals surface area contributed by atoms with Crippen LogP contribution in [0.2, 0.25) is 0 Å². The van der Waals surface area contributed by atoms with E-state index in [0.29, 0.717) is 31.0 Å². The first kappa shape index (κ1) is 18.3. The fraction of sp³-hybridized carbons (Fsp3) is 0.364. The second-order valence-corrected chi connectivity index (χ2v) is 7.50. The number of carbonyl (C=O) groups is 2. The summed E-state index contributed by atoms with van der Waals surface area (Å²) >= 11 is 0. The molecule has 1 unspecified atom stereocenters. The van der Waals surface area contributed by atoms with Gasteiger partial charge in [0.2, 0.25) is 5.91 Å². The predicted molar refractivity (Wildman–Crippen MR) is 106 cm³/mol. The normalized spacial score (nSPS) is 20.6. The highest BCUT2D eigenvalue weighted by Crippen LogP contribution is 2.47. The second-order valence-electron chi connectivity index (χ2n) is 7.50. The molecule has 0 radical (unpaired) electrons. The number of ether oxygens (including phenoxy) is 2. The Kier molecular flexibility index (Phi) is 4.49. The molecule has 28 heavy (non-hydrogen) atoms. The lowest BCUT2D eigenvalue weighted by Crippen LogP contribution is -2.42. The molecule has 2 aliphatic heterocycles. The molecule has 0 aromatic heterocycles. The number of methoxy groups -OCH3 is 1. The van der Waals surface area contributed by atoms with Gasteiger partial charge in [-0.1, -0.05) is 12.1 Å². The highest BCUT2D eigenvalue weighted by Gasteiger charge is 2.54. The quantitative estimate of drug-likeness (QED) is 0.818. The molecule has 2 amide bonds. The Morgan fingerprint density at radius 2 is 2.00 bits per heavy atom. The van der Waals surface area contributed by atoms with Crippen molar-refractivity contribution in [3.05, 3.63) is 53.6 Å². The summed E-state index contributed by atoms with van der Waals surface area (Å²) < 4.78 is 11.0. The Hall–Kier alpha value is -3.02. The summed E-state index contributed by atoms with van der Waals surface area (Å²) in [5.74, 6) is 1.32. The molecule has 2 heterocycles. The number of benzene rings is 2. The number of aryl methyl sites for hydroxylation is 1. The van der Waals surface area contributed by atoms with Crippen LogP contribution in [0.1, 0.15) is 17.5 Å². The number of carbonyl (C=O) groups excluding carboxylic acids is 2. The molecule has 146 valence electrons. The SMILES string of the molecule is COc1ccc2c(c1)C1(CCN(C(=O)COc3cccc(C)c3)C1)C(=O)N2C. The lowest BCUT2D eigenvalue weighted by molar-refractivity contribution is -0.132. The minimum Gasteiger partial charge on any atom is -0.497 e. The zero-order valence-electron chi connectivity index (χ0n) is 16.4. The first-order valence-electron chi connectivity index (χ1n) is 9.38. The van der Waals surface area contributed by atoms with Gasteiger partial charge in [0.25, 0.3) is 5.91 Å². The van der Waals surface area contributed by atoms with E-state index >= 15 is 0 Å². The molecule has 1 atom stereocenters. The monoisotopic (exact) mass is 380 g/mol. The molecule has 4 rings (SSSR count). The Bertz CT molecular complexity index is 942. The van der Waals surface area contributed by atoms with Crippen molar-refractivity contribution in [1.29, 1.82) is 0 Å². The molecule has 0 aliphatic carbocycles. The zero-order valence-corrected chi connectivity index (χ0v) is 16.4. The molecular weight excluding hydrogens is 356 g/mol. The summed E-state index contributed by atoms with van der Waals surface area (Å²) in [6.45, 7) is 2.85. The van der Waals surface area contributed by atoms with Gasteiger partial charge < -0.3 is 19.3 Å². The fourth-order valence-electron chi connectivity index (χ4n) is 4.22. The van der Waals surface area contributed by atoms with Crippen molar-refractivity contribution >= 4 is 17.5 Å². The first-order chi connectivity index (χ1) is 13.4. The summed E-state index contributed by atoms with van der Waals surface area (Å²) in [6, 6.07) is 13.3. The number of amides is 2. The van der Waals surface area contributed by atoms with Gasteiger partial charge in [-0.25, -0.2) is 0 Å². The molecule has 2 aromatic carbocycles. The summed E-state index contributed by atoms with van der Waals surface area (Å²) in [5, 5.41) is 0. The van der Waals surface area contributed by atoms with E-state index in [4.69, 9.17) is 9.47 Å². The van der Waals surface area contributed by atoms with E-state index in [9.17, 15) is 9.59 Å². The maximum absolute atomic E-state index is 13.1. The third-order valence-corrected chi connectivity index (χ3v) is 5.77. The van der Waals surface area contributed by atoms with Crippen molar-refractivity contribution in [3.8, 4) is 11.5 Å². The summed E-state index contributed by atoms with van der Waals surface area (Å²) in [5.41, 5.74) is 2.21. The lowest BCUT2D eigenvalue weighted by Gasteiger charge is -2.23. The molecule has 1 saturated heterocycles. The molecule has 1 spiro atoms. The van der Waals surface area contributed by atoms with E-state index in [1.807, 2.05) is 49.4 Å². The molecule has 2 aromatic rings. The number of nitrogens with zero attached hydrogens (tertiary/aromatic N) is 2. The van der Waals surface area contributed by atoms with Crippen molar-refractivity contribution in [3.63, 3.8) is 0 Å². The van der Waals surface area contributed by atoms with Crippen LogP contribution in [-0.2, 0) is 15.0 Å². The van der Waals surface area contributed by atoms with Crippen LogP contribution in [0, 0.1) is 6.92 Å². The van der Waals surface area contributed by atoms with Gasteiger partial charge in [0.15, 0.2) is 6.61 Å². The smallest absolute Gasteiger partial charge is 0.260 e. The van der Waals surface area contributed by atoms with Crippen molar-refractivity contribution in [1.82, 2.24) is 4.90 Å². The topological polar surface area (TPSA) is 59.1 Å². The van der Waals surface area contributed by atoms with E-state index in [1.54, 1.807) is 24.0 Å². The number of hydrogen-bond acceptors (Lipinski definition) is 4. The van der Waals surface area contributed by atoms with Crippen LogP contribution in [0.3, 0.4) is 0 Å². The average molecular weight is 380 g/mol. The Labute approximate surface area is 164 Å². The summed E-state index contributed by atoms with van der Waals surface area (Å²) in [6.07, 6.45) is 0.604. The summed E-state index contributed by atoms with van der Waals surface area (Å²) in [7, 11) is 3.40. The van der Waals surface area contributed by atoms with Crippen molar-refractivity contribution < 1.29 is 19.1 Å². The van der Waals surface area contributed by atoms with Gasteiger partial charge >= 0.3 is 0 Å². The van der Waals surface area contributed by atoms with Crippen LogP contribution < -0.4 is 14.4 Å². The van der Waals surface area contributed by atoms with Gasteiger partial charge in [-0.05, 0) is 54.8 Å². The van der Waals surface area contributed by atoms with Gasteiger partial charge in [0.1, 0.15) is 11.5 Å². The third-order valence-electron chi connectivity index (χ3n) is 5.77. The largest absolute Gasteiger partial charge is 0.497 e. The van der Waals surface area contributed by atoms with Crippen LogP contribution >= 0.6 is 0 Å². The number of likely N-dealkylation sites (N-methyl/N-ethyl adjacent to an activating group) is 1. The minimum atomic E-state index is -0.697. The average Bonchev–Trinajstić information content (AvgIpc) is 3.24. The van der Waals surface area contributed by atoms with Gasteiger partial charge in [0, 0.05) is 25.8 Å². The molecular formula is C22H24N2O4. The van der Waals surface area contributed by atoms with E-state index in [0.717, 1.165) is 16.8 Å². The first-order valence-corrected chi connectivity index (χ1v) is 9.38. The van der Waals surface area contributed by atoms with Crippen molar-refractivity contribution in [2.45, 2.75) is 18.8 Å². The fourth-order valence-corrected chi connectivity index (χ4v) is 4.22. The van der Waals surface area contributed by atoms with Gasteiger partial charge in [-0.2, -0.15) is 0 Å². The predicted octanol–water partition coefficient (Wildman–Crippen LogP) is 2.53. The van der Waals surface area contributed by atoms with Crippen molar-refractivity contribution in [2.24, 2.45) is 0 Å². The molecule has 2 aliphatic rings. The van der Waals surface area contributed by atoms with Gasteiger partial charge in [-0.15, -0.1) is 0 Å². The maximum atomic E-state index is 13.1. The molecule has 6 nitrogen and oxygen atoms in total. The van der Waals surface area contributed by atoms with E-state index in [1.165, 1.54) is 0 Å². The summed E-state index contributed by atoms with van der Waals surface area (Å²) in [4.78, 5) is 29.2. The van der Waals surface area contributed by atoms with E-state index in [-0.39, 0.29) is 18.4 Å². The minimum absolute atomic E-state index is 0.0330. The van der Waals surface area contributed by atoms with Gasteiger partial charge in [-0.3, -0.25) is 9.59 Å². The molecule has 0 saturated carbocycles. The second kappa shape index (κ2) is 6.86. The standard InChI is InChI=1S/C22H24N2O4/c1-15-5-4-6-17(11-15)28-13-20(25)24-10-9-22(14-24)18-12-16(27-3)7-8-19(18)23(2)21(22)26/h4-8,11-12H,9-10,13-14H2,1-3H3. The van der Waals surface area contributed by atoms with E-state index in [2.05, 4.69) is 0 Å². The Morgan fingerprint density at radius 3 is 2.75 bits per heavy atom. The number of anilines is 1. The lowest BCUT2D eigenvalue weighted by atomic mass is 9.81.